The third-order valence-corrected chi connectivity index (χ3v) is 3.52. The Morgan fingerprint density at radius 3 is 2.57 bits per heavy atom. The van der Waals surface area contributed by atoms with Crippen LogP contribution in [0.5, 0.6) is 5.75 Å². The SMILES string of the molecule is CCCNCc1ccc(C)c(-c2ccc(OC)cc2F)c1. The topological polar surface area (TPSA) is 21.3 Å². The van der Waals surface area contributed by atoms with Crippen LogP contribution in [0.25, 0.3) is 11.1 Å². The first-order chi connectivity index (χ1) is 10.2. The molecule has 112 valence electrons. The van der Waals surface area contributed by atoms with E-state index in [9.17, 15) is 4.39 Å². The van der Waals surface area contributed by atoms with Crippen LogP contribution in [0.15, 0.2) is 36.4 Å². The highest BCUT2D eigenvalue weighted by Gasteiger charge is 2.10. The van der Waals surface area contributed by atoms with Gasteiger partial charge in [0.2, 0.25) is 0 Å². The fourth-order valence-electron chi connectivity index (χ4n) is 2.32. The summed E-state index contributed by atoms with van der Waals surface area (Å²) in [7, 11) is 1.54. The van der Waals surface area contributed by atoms with Crippen molar-refractivity contribution in [2.75, 3.05) is 13.7 Å². The van der Waals surface area contributed by atoms with Gasteiger partial charge in [-0.25, -0.2) is 4.39 Å². The van der Waals surface area contributed by atoms with Crippen LogP contribution in [0.2, 0.25) is 0 Å². The van der Waals surface area contributed by atoms with E-state index in [1.807, 2.05) is 13.0 Å². The molecule has 0 fully saturated rings. The molecule has 1 N–H and O–H groups in total. The largest absolute Gasteiger partial charge is 0.497 e. The van der Waals surface area contributed by atoms with Crippen LogP contribution in [0.4, 0.5) is 4.39 Å². The summed E-state index contributed by atoms with van der Waals surface area (Å²) in [6.45, 7) is 5.93. The highest BCUT2D eigenvalue weighted by Crippen LogP contribution is 2.29. The van der Waals surface area contributed by atoms with Gasteiger partial charge in [-0.05, 0) is 54.8 Å². The normalized spacial score (nSPS) is 10.7. The molecule has 0 radical (unpaired) electrons. The van der Waals surface area contributed by atoms with E-state index in [4.69, 9.17) is 4.74 Å². The van der Waals surface area contributed by atoms with Gasteiger partial charge in [0.1, 0.15) is 11.6 Å². The van der Waals surface area contributed by atoms with Crippen molar-refractivity contribution in [3.05, 3.63) is 53.3 Å². The van der Waals surface area contributed by atoms with Gasteiger partial charge in [-0.3, -0.25) is 0 Å². The predicted molar refractivity (Wildman–Crippen MR) is 85.1 cm³/mol. The standard InChI is InChI=1S/C18H22FNO/c1-4-9-20-12-14-6-5-13(2)17(10-14)16-8-7-15(21-3)11-18(16)19/h5-8,10-11,20H,4,9,12H2,1-3H3. The summed E-state index contributed by atoms with van der Waals surface area (Å²) < 4.78 is 19.3. The lowest BCUT2D eigenvalue weighted by molar-refractivity contribution is 0.411. The van der Waals surface area contributed by atoms with Crippen molar-refractivity contribution in [2.24, 2.45) is 0 Å². The number of halogens is 1. The Balaban J connectivity index is 2.32. The molecule has 0 saturated heterocycles. The first-order valence-corrected chi connectivity index (χ1v) is 7.30. The summed E-state index contributed by atoms with van der Waals surface area (Å²) >= 11 is 0. The smallest absolute Gasteiger partial charge is 0.134 e. The average Bonchev–Trinajstić information content (AvgIpc) is 2.49. The molecule has 2 aromatic carbocycles. The Morgan fingerprint density at radius 1 is 1.10 bits per heavy atom. The number of benzene rings is 2. The maximum Gasteiger partial charge on any atom is 0.134 e. The molecule has 2 aromatic rings. The van der Waals surface area contributed by atoms with Crippen LogP contribution in [0, 0.1) is 12.7 Å². The number of hydrogen-bond acceptors (Lipinski definition) is 2. The zero-order valence-corrected chi connectivity index (χ0v) is 12.9. The zero-order chi connectivity index (χ0) is 15.2. The molecule has 21 heavy (non-hydrogen) atoms. The third-order valence-electron chi connectivity index (χ3n) is 3.52. The van der Waals surface area contributed by atoms with E-state index in [0.717, 1.165) is 30.6 Å². The Hall–Kier alpha value is -1.87. The maximum absolute atomic E-state index is 14.2. The van der Waals surface area contributed by atoms with Gasteiger partial charge in [0, 0.05) is 18.2 Å². The van der Waals surface area contributed by atoms with Crippen molar-refractivity contribution in [2.45, 2.75) is 26.8 Å². The monoisotopic (exact) mass is 287 g/mol. The van der Waals surface area contributed by atoms with E-state index in [2.05, 4.69) is 24.4 Å². The second kappa shape index (κ2) is 7.23. The minimum Gasteiger partial charge on any atom is -0.497 e. The summed E-state index contributed by atoms with van der Waals surface area (Å²) in [5.41, 5.74) is 3.79. The summed E-state index contributed by atoms with van der Waals surface area (Å²) in [4.78, 5) is 0. The lowest BCUT2D eigenvalue weighted by atomic mass is 9.97. The number of ether oxygens (including phenoxy) is 1. The number of hydrogen-bond donors (Lipinski definition) is 1. The Bertz CT molecular complexity index is 610. The van der Waals surface area contributed by atoms with Gasteiger partial charge in [-0.15, -0.1) is 0 Å². The molecule has 0 aliphatic rings. The van der Waals surface area contributed by atoms with E-state index < -0.39 is 0 Å². The molecule has 2 rings (SSSR count). The van der Waals surface area contributed by atoms with E-state index in [0.29, 0.717) is 11.3 Å². The molecule has 0 aromatic heterocycles. The lowest BCUT2D eigenvalue weighted by Gasteiger charge is -2.11. The summed E-state index contributed by atoms with van der Waals surface area (Å²) in [6, 6.07) is 11.2. The molecule has 2 nitrogen and oxygen atoms in total. The summed E-state index contributed by atoms with van der Waals surface area (Å²) in [6.07, 6.45) is 1.10. The molecule has 0 unspecified atom stereocenters. The van der Waals surface area contributed by atoms with Crippen molar-refractivity contribution in [3.63, 3.8) is 0 Å². The highest BCUT2D eigenvalue weighted by atomic mass is 19.1. The number of rotatable bonds is 6. The Kier molecular flexibility index (Phi) is 5.34. The van der Waals surface area contributed by atoms with Gasteiger partial charge < -0.3 is 10.1 Å². The van der Waals surface area contributed by atoms with E-state index in [1.165, 1.54) is 11.6 Å². The first kappa shape index (κ1) is 15.5. The van der Waals surface area contributed by atoms with Gasteiger partial charge in [0.25, 0.3) is 0 Å². The van der Waals surface area contributed by atoms with Crippen molar-refractivity contribution in [1.29, 1.82) is 0 Å². The molecular weight excluding hydrogens is 265 g/mol. The zero-order valence-electron chi connectivity index (χ0n) is 12.9. The van der Waals surface area contributed by atoms with Crippen LogP contribution >= 0.6 is 0 Å². The molecular formula is C18H22FNO. The van der Waals surface area contributed by atoms with Gasteiger partial charge in [-0.1, -0.05) is 19.1 Å². The molecule has 0 aliphatic heterocycles. The second-order valence-electron chi connectivity index (χ2n) is 5.17. The molecule has 0 amide bonds. The molecule has 0 saturated carbocycles. The molecule has 0 bridgehead atoms. The summed E-state index contributed by atoms with van der Waals surface area (Å²) in [5.74, 6) is 0.283. The minimum atomic E-state index is -0.254. The van der Waals surface area contributed by atoms with E-state index in [1.54, 1.807) is 19.2 Å². The maximum atomic E-state index is 14.2. The average molecular weight is 287 g/mol. The first-order valence-electron chi connectivity index (χ1n) is 7.30. The fourth-order valence-corrected chi connectivity index (χ4v) is 2.32. The molecule has 0 spiro atoms. The molecule has 0 heterocycles. The predicted octanol–water partition coefficient (Wildman–Crippen LogP) is 4.31. The van der Waals surface area contributed by atoms with Crippen LogP contribution in [-0.2, 0) is 6.54 Å². The third kappa shape index (κ3) is 3.82. The van der Waals surface area contributed by atoms with Crippen LogP contribution in [0.3, 0.4) is 0 Å². The molecule has 3 heteroatoms. The number of aryl methyl sites for hydroxylation is 1. The van der Waals surface area contributed by atoms with Crippen LogP contribution in [-0.4, -0.2) is 13.7 Å². The second-order valence-corrected chi connectivity index (χ2v) is 5.17. The molecule has 0 aliphatic carbocycles. The quantitative estimate of drug-likeness (QED) is 0.799. The summed E-state index contributed by atoms with van der Waals surface area (Å²) in [5, 5.41) is 3.37. The van der Waals surface area contributed by atoms with Gasteiger partial charge in [-0.2, -0.15) is 0 Å². The highest BCUT2D eigenvalue weighted by molar-refractivity contribution is 5.69. The van der Waals surface area contributed by atoms with Crippen LogP contribution < -0.4 is 10.1 Å². The fraction of sp³-hybridized carbons (Fsp3) is 0.333. The lowest BCUT2D eigenvalue weighted by Crippen LogP contribution is -2.13. The van der Waals surface area contributed by atoms with Crippen molar-refractivity contribution in [3.8, 4) is 16.9 Å². The van der Waals surface area contributed by atoms with Gasteiger partial charge in [0.15, 0.2) is 0 Å². The van der Waals surface area contributed by atoms with E-state index in [-0.39, 0.29) is 5.82 Å². The van der Waals surface area contributed by atoms with E-state index >= 15 is 0 Å². The van der Waals surface area contributed by atoms with Crippen LogP contribution in [0.1, 0.15) is 24.5 Å². The van der Waals surface area contributed by atoms with Crippen molar-refractivity contribution < 1.29 is 9.13 Å². The minimum absolute atomic E-state index is 0.254. The van der Waals surface area contributed by atoms with Crippen molar-refractivity contribution in [1.82, 2.24) is 5.32 Å². The van der Waals surface area contributed by atoms with Crippen molar-refractivity contribution >= 4 is 0 Å². The Labute approximate surface area is 126 Å². The molecule has 0 atom stereocenters. The number of nitrogens with one attached hydrogen (secondary N) is 1. The number of methoxy groups -OCH3 is 1. The van der Waals surface area contributed by atoms with Gasteiger partial charge in [0.05, 0.1) is 7.11 Å². The van der Waals surface area contributed by atoms with Gasteiger partial charge >= 0.3 is 0 Å². The Morgan fingerprint density at radius 2 is 1.90 bits per heavy atom.